The van der Waals surface area contributed by atoms with E-state index in [1.165, 1.54) is 19.2 Å². The highest BCUT2D eigenvalue weighted by molar-refractivity contribution is 6.06. The van der Waals surface area contributed by atoms with Crippen molar-refractivity contribution in [2.24, 2.45) is 5.92 Å². The molecule has 3 aromatic rings. The zero-order valence-corrected chi connectivity index (χ0v) is 23.8. The zero-order valence-electron chi connectivity index (χ0n) is 23.8. The van der Waals surface area contributed by atoms with Crippen LogP contribution in [0.2, 0.25) is 0 Å². The number of rotatable bonds is 9. The van der Waals surface area contributed by atoms with Crippen molar-refractivity contribution in [3.63, 3.8) is 0 Å². The van der Waals surface area contributed by atoms with Crippen LogP contribution in [0.4, 0.5) is 15.8 Å². The van der Waals surface area contributed by atoms with Crippen molar-refractivity contribution >= 4 is 29.1 Å². The van der Waals surface area contributed by atoms with Crippen LogP contribution in [0.1, 0.15) is 53.0 Å². The van der Waals surface area contributed by atoms with Crippen molar-refractivity contribution in [2.75, 3.05) is 43.5 Å². The van der Waals surface area contributed by atoms with Gasteiger partial charge in [-0.1, -0.05) is 32.0 Å². The second-order valence-corrected chi connectivity index (χ2v) is 10.5. The van der Waals surface area contributed by atoms with Crippen LogP contribution in [-0.2, 0) is 11.3 Å². The number of hydrogen-bond acceptors (Lipinski definition) is 5. The predicted octanol–water partition coefficient (Wildman–Crippen LogP) is 5.10. The molecule has 0 atom stereocenters. The van der Waals surface area contributed by atoms with Gasteiger partial charge in [0.2, 0.25) is 5.91 Å². The van der Waals surface area contributed by atoms with Gasteiger partial charge >= 0.3 is 0 Å². The molecule has 8 nitrogen and oxygen atoms in total. The number of anilines is 2. The van der Waals surface area contributed by atoms with Gasteiger partial charge in [0.15, 0.2) is 0 Å². The molecule has 0 unspecified atom stereocenters. The van der Waals surface area contributed by atoms with Crippen molar-refractivity contribution in [3.05, 3.63) is 89.2 Å². The molecule has 1 heterocycles. The first-order chi connectivity index (χ1) is 19.7. The Morgan fingerprint density at radius 2 is 1.71 bits per heavy atom. The number of benzene rings is 3. The van der Waals surface area contributed by atoms with Crippen LogP contribution in [0, 0.1) is 11.7 Å². The molecule has 0 spiro atoms. The lowest BCUT2D eigenvalue weighted by atomic mass is 10.1. The standard InChI is InChI=1S/C32H37FN4O4/c1-22(2)18-30(38)37-15-5-14-36(16-17-37)29-13-12-26(35-31(39)24-6-4-7-27(19-24)41-3)20-28(29)32(40)34-21-23-8-10-25(33)11-9-23/h4,6-13,19-20,22H,5,14-18,21H2,1-3H3,(H,34,40)(H,35,39). The molecule has 1 saturated heterocycles. The quantitative estimate of drug-likeness (QED) is 0.380. The smallest absolute Gasteiger partial charge is 0.255 e. The average Bonchev–Trinajstić information content (AvgIpc) is 3.23. The summed E-state index contributed by atoms with van der Waals surface area (Å²) in [5.74, 6) is 0.00904. The van der Waals surface area contributed by atoms with Gasteiger partial charge < -0.3 is 25.2 Å². The van der Waals surface area contributed by atoms with Gasteiger partial charge in [-0.05, 0) is 66.4 Å². The summed E-state index contributed by atoms with van der Waals surface area (Å²) >= 11 is 0. The Morgan fingerprint density at radius 1 is 0.927 bits per heavy atom. The number of amides is 3. The Bertz CT molecular complexity index is 1380. The van der Waals surface area contributed by atoms with E-state index in [4.69, 9.17) is 4.74 Å². The van der Waals surface area contributed by atoms with Crippen LogP contribution in [0.15, 0.2) is 66.7 Å². The number of hydrogen-bond donors (Lipinski definition) is 2. The molecular weight excluding hydrogens is 523 g/mol. The summed E-state index contributed by atoms with van der Waals surface area (Å²) in [6.07, 6.45) is 1.29. The predicted molar refractivity (Wildman–Crippen MR) is 158 cm³/mol. The average molecular weight is 561 g/mol. The summed E-state index contributed by atoms with van der Waals surface area (Å²) in [7, 11) is 1.54. The third-order valence-electron chi connectivity index (χ3n) is 6.97. The Labute approximate surface area is 240 Å². The van der Waals surface area contributed by atoms with E-state index < -0.39 is 0 Å². The van der Waals surface area contributed by atoms with Gasteiger partial charge in [-0.15, -0.1) is 0 Å². The van der Waals surface area contributed by atoms with E-state index in [-0.39, 0.29) is 36.0 Å². The highest BCUT2D eigenvalue weighted by atomic mass is 19.1. The molecule has 41 heavy (non-hydrogen) atoms. The summed E-state index contributed by atoms with van der Waals surface area (Å²) in [5.41, 5.74) is 2.78. The third-order valence-corrected chi connectivity index (χ3v) is 6.97. The minimum atomic E-state index is -0.344. The van der Waals surface area contributed by atoms with Gasteiger partial charge in [0.1, 0.15) is 11.6 Å². The molecule has 0 saturated carbocycles. The van der Waals surface area contributed by atoms with Gasteiger partial charge in [0.05, 0.1) is 12.7 Å². The Balaban J connectivity index is 1.56. The normalized spacial score (nSPS) is 13.5. The van der Waals surface area contributed by atoms with E-state index in [2.05, 4.69) is 15.5 Å². The molecule has 0 radical (unpaired) electrons. The Hall–Kier alpha value is -4.40. The SMILES string of the molecule is COc1cccc(C(=O)Nc2ccc(N3CCCN(C(=O)CC(C)C)CC3)c(C(=O)NCc3ccc(F)cc3)c2)c1. The maximum Gasteiger partial charge on any atom is 0.255 e. The number of carbonyl (C=O) groups is 3. The number of methoxy groups -OCH3 is 1. The van der Waals surface area contributed by atoms with Crippen LogP contribution in [0.25, 0.3) is 0 Å². The molecule has 9 heteroatoms. The van der Waals surface area contributed by atoms with E-state index >= 15 is 0 Å². The van der Waals surface area contributed by atoms with Gasteiger partial charge in [-0.3, -0.25) is 14.4 Å². The van der Waals surface area contributed by atoms with E-state index in [1.54, 1.807) is 48.5 Å². The molecule has 1 aliphatic heterocycles. The van der Waals surface area contributed by atoms with Gasteiger partial charge in [-0.2, -0.15) is 0 Å². The fourth-order valence-electron chi connectivity index (χ4n) is 4.80. The first kappa shape index (κ1) is 29.6. The molecule has 0 bridgehead atoms. The van der Waals surface area contributed by atoms with Crippen LogP contribution in [0.5, 0.6) is 5.75 Å². The fraction of sp³-hybridized carbons (Fsp3) is 0.344. The van der Waals surface area contributed by atoms with Crippen molar-refractivity contribution in [2.45, 2.75) is 33.2 Å². The fourth-order valence-corrected chi connectivity index (χ4v) is 4.80. The minimum Gasteiger partial charge on any atom is -0.497 e. The maximum absolute atomic E-state index is 13.5. The molecule has 3 aromatic carbocycles. The Kier molecular flexibility index (Phi) is 9.95. The number of nitrogens with zero attached hydrogens (tertiary/aromatic N) is 2. The number of halogens is 1. The third kappa shape index (κ3) is 8.06. The summed E-state index contributed by atoms with van der Waals surface area (Å²) < 4.78 is 18.6. The molecule has 4 rings (SSSR count). The maximum atomic E-state index is 13.5. The Morgan fingerprint density at radius 3 is 2.44 bits per heavy atom. The van der Waals surface area contributed by atoms with Gasteiger partial charge in [0.25, 0.3) is 11.8 Å². The molecule has 3 amide bonds. The highest BCUT2D eigenvalue weighted by Crippen LogP contribution is 2.27. The second-order valence-electron chi connectivity index (χ2n) is 10.5. The molecule has 0 aromatic heterocycles. The first-order valence-corrected chi connectivity index (χ1v) is 13.9. The summed E-state index contributed by atoms with van der Waals surface area (Å²) in [6, 6.07) is 18.0. The molecule has 1 fully saturated rings. The zero-order chi connectivity index (χ0) is 29.4. The summed E-state index contributed by atoms with van der Waals surface area (Å²) in [6.45, 7) is 6.79. The largest absolute Gasteiger partial charge is 0.497 e. The van der Waals surface area contributed by atoms with Gasteiger partial charge in [-0.25, -0.2) is 4.39 Å². The van der Waals surface area contributed by atoms with E-state index in [0.717, 1.165) is 17.7 Å². The minimum absolute atomic E-state index is 0.148. The number of carbonyl (C=O) groups excluding carboxylic acids is 3. The topological polar surface area (TPSA) is 91.0 Å². The first-order valence-electron chi connectivity index (χ1n) is 13.9. The van der Waals surface area contributed by atoms with Crippen LogP contribution >= 0.6 is 0 Å². The molecule has 1 aliphatic rings. The van der Waals surface area contributed by atoms with Crippen molar-refractivity contribution in [1.29, 1.82) is 0 Å². The van der Waals surface area contributed by atoms with Crippen molar-refractivity contribution in [3.8, 4) is 5.75 Å². The van der Waals surface area contributed by atoms with Crippen molar-refractivity contribution < 1.29 is 23.5 Å². The molecule has 2 N–H and O–H groups in total. The number of ether oxygens (including phenoxy) is 1. The molecule has 216 valence electrons. The highest BCUT2D eigenvalue weighted by Gasteiger charge is 2.23. The van der Waals surface area contributed by atoms with E-state index in [1.807, 2.05) is 24.8 Å². The second kappa shape index (κ2) is 13.8. The lowest BCUT2D eigenvalue weighted by molar-refractivity contribution is -0.131. The van der Waals surface area contributed by atoms with E-state index in [0.29, 0.717) is 55.2 Å². The lowest BCUT2D eigenvalue weighted by Crippen LogP contribution is -2.36. The number of nitrogens with one attached hydrogen (secondary N) is 2. The van der Waals surface area contributed by atoms with Crippen LogP contribution in [-0.4, -0.2) is 55.9 Å². The van der Waals surface area contributed by atoms with Crippen LogP contribution in [0.3, 0.4) is 0 Å². The summed E-state index contributed by atoms with van der Waals surface area (Å²) in [5, 5.41) is 5.80. The molecular formula is C32H37FN4O4. The molecule has 0 aliphatic carbocycles. The van der Waals surface area contributed by atoms with Crippen molar-refractivity contribution in [1.82, 2.24) is 10.2 Å². The monoisotopic (exact) mass is 560 g/mol. The van der Waals surface area contributed by atoms with Gasteiger partial charge in [0, 0.05) is 56.1 Å². The van der Waals surface area contributed by atoms with Crippen LogP contribution < -0.4 is 20.3 Å². The lowest BCUT2D eigenvalue weighted by Gasteiger charge is -2.26. The van der Waals surface area contributed by atoms with E-state index in [9.17, 15) is 18.8 Å². The summed E-state index contributed by atoms with van der Waals surface area (Å²) in [4.78, 5) is 43.2.